The van der Waals surface area contributed by atoms with E-state index in [1.807, 2.05) is 4.72 Å². The van der Waals surface area contributed by atoms with Crippen LogP contribution in [-0.2, 0) is 10.0 Å². The van der Waals surface area contributed by atoms with Crippen molar-refractivity contribution in [1.29, 1.82) is 0 Å². The second kappa shape index (κ2) is 4.81. The lowest BCUT2D eigenvalue weighted by Gasteiger charge is -2.10. The summed E-state index contributed by atoms with van der Waals surface area (Å²) in [6, 6.07) is 4.54. The molecule has 5 nitrogen and oxygen atoms in total. The summed E-state index contributed by atoms with van der Waals surface area (Å²) in [6.07, 6.45) is 2.50. The fourth-order valence-electron chi connectivity index (χ4n) is 1.36. The molecule has 8 heteroatoms. The van der Waals surface area contributed by atoms with Gasteiger partial charge in [0.1, 0.15) is 16.4 Å². The average Bonchev–Trinajstić information content (AvgIpc) is 2.40. The standard InChI is InChI=1S/C11H9F2N3O2S/c12-8-3-4-9(10(13)11(8)14)16-19(17,18)7-2-1-5-15-6-7/h1-6,16H,14H2. The fourth-order valence-corrected chi connectivity index (χ4v) is 2.38. The second-order valence-electron chi connectivity index (χ2n) is 3.62. The number of benzene rings is 1. The van der Waals surface area contributed by atoms with E-state index >= 15 is 0 Å². The number of nitrogens with two attached hydrogens (primary N) is 1. The van der Waals surface area contributed by atoms with Gasteiger partial charge in [-0.1, -0.05) is 0 Å². The molecule has 1 heterocycles. The molecule has 3 N–H and O–H groups in total. The molecule has 0 radical (unpaired) electrons. The zero-order valence-corrected chi connectivity index (χ0v) is 10.3. The lowest BCUT2D eigenvalue weighted by Crippen LogP contribution is -2.15. The Balaban J connectivity index is 2.40. The maximum Gasteiger partial charge on any atom is 0.263 e. The third-order valence-electron chi connectivity index (χ3n) is 2.32. The molecule has 0 unspecified atom stereocenters. The van der Waals surface area contributed by atoms with Crippen molar-refractivity contribution in [3.63, 3.8) is 0 Å². The molecule has 2 aromatic rings. The normalized spacial score (nSPS) is 11.3. The number of nitrogens with zero attached hydrogens (tertiary/aromatic N) is 1. The monoisotopic (exact) mass is 285 g/mol. The number of rotatable bonds is 3. The number of nitrogen functional groups attached to an aromatic ring is 1. The molecule has 19 heavy (non-hydrogen) atoms. The molecule has 100 valence electrons. The zero-order chi connectivity index (χ0) is 14.0. The Hall–Kier alpha value is -2.22. The van der Waals surface area contributed by atoms with Crippen LogP contribution in [0.4, 0.5) is 20.2 Å². The minimum atomic E-state index is -4.00. The van der Waals surface area contributed by atoms with Gasteiger partial charge in [-0.2, -0.15) is 0 Å². The summed E-state index contributed by atoms with van der Waals surface area (Å²) in [4.78, 5) is 3.51. The third-order valence-corrected chi connectivity index (χ3v) is 3.67. The van der Waals surface area contributed by atoms with Crippen LogP contribution in [-0.4, -0.2) is 13.4 Å². The molecule has 0 saturated carbocycles. The summed E-state index contributed by atoms with van der Waals surface area (Å²) in [5, 5.41) is 0. The van der Waals surface area contributed by atoms with Crippen molar-refractivity contribution in [3.8, 4) is 0 Å². The maximum atomic E-state index is 13.6. The van der Waals surface area contributed by atoms with Gasteiger partial charge in [0, 0.05) is 12.4 Å². The summed E-state index contributed by atoms with van der Waals surface area (Å²) < 4.78 is 52.3. The largest absolute Gasteiger partial charge is 0.394 e. The van der Waals surface area contributed by atoms with Gasteiger partial charge in [-0.15, -0.1) is 0 Å². The van der Waals surface area contributed by atoms with Crippen LogP contribution in [0.3, 0.4) is 0 Å². The lowest BCUT2D eigenvalue weighted by molar-refractivity contribution is 0.589. The van der Waals surface area contributed by atoms with Gasteiger partial charge in [0.2, 0.25) is 0 Å². The van der Waals surface area contributed by atoms with Gasteiger partial charge in [-0.05, 0) is 24.3 Å². The van der Waals surface area contributed by atoms with E-state index in [4.69, 9.17) is 5.73 Å². The Morgan fingerprint density at radius 2 is 1.95 bits per heavy atom. The number of halogens is 2. The first-order chi connectivity index (χ1) is 8.92. The lowest BCUT2D eigenvalue weighted by atomic mass is 10.2. The molecule has 0 saturated heterocycles. The topological polar surface area (TPSA) is 85.1 Å². The molecular weight excluding hydrogens is 276 g/mol. The van der Waals surface area contributed by atoms with E-state index in [0.717, 1.165) is 18.3 Å². The molecule has 0 fully saturated rings. The molecule has 0 aliphatic rings. The van der Waals surface area contributed by atoms with Crippen molar-refractivity contribution in [2.24, 2.45) is 0 Å². The van der Waals surface area contributed by atoms with E-state index < -0.39 is 33.0 Å². The van der Waals surface area contributed by atoms with Gasteiger partial charge in [0.05, 0.1) is 5.69 Å². The molecule has 0 spiro atoms. The molecule has 0 aliphatic carbocycles. The van der Waals surface area contributed by atoms with Gasteiger partial charge in [-0.3, -0.25) is 9.71 Å². The van der Waals surface area contributed by atoms with Crippen LogP contribution in [0.2, 0.25) is 0 Å². The number of aromatic nitrogens is 1. The quantitative estimate of drug-likeness (QED) is 0.841. The molecule has 0 bridgehead atoms. The molecule has 0 amide bonds. The Morgan fingerprint density at radius 1 is 1.21 bits per heavy atom. The van der Waals surface area contributed by atoms with Crippen LogP contribution in [0, 0.1) is 11.6 Å². The number of nitrogens with one attached hydrogen (secondary N) is 1. The van der Waals surface area contributed by atoms with Gasteiger partial charge in [0.25, 0.3) is 10.0 Å². The number of pyridine rings is 1. The Morgan fingerprint density at radius 3 is 2.58 bits per heavy atom. The first-order valence-electron chi connectivity index (χ1n) is 5.08. The second-order valence-corrected chi connectivity index (χ2v) is 5.30. The van der Waals surface area contributed by atoms with Crippen molar-refractivity contribution >= 4 is 21.4 Å². The smallest absolute Gasteiger partial charge is 0.263 e. The van der Waals surface area contributed by atoms with Crippen LogP contribution >= 0.6 is 0 Å². The van der Waals surface area contributed by atoms with Crippen molar-refractivity contribution in [3.05, 3.63) is 48.3 Å². The first kappa shape index (κ1) is 13.2. The van der Waals surface area contributed by atoms with Gasteiger partial charge in [-0.25, -0.2) is 17.2 Å². The van der Waals surface area contributed by atoms with Crippen LogP contribution in [0.5, 0.6) is 0 Å². The molecule has 1 aromatic carbocycles. The number of hydrogen-bond acceptors (Lipinski definition) is 4. The van der Waals surface area contributed by atoms with Gasteiger partial charge in [0.15, 0.2) is 5.82 Å². The highest BCUT2D eigenvalue weighted by molar-refractivity contribution is 7.92. The summed E-state index contributed by atoms with van der Waals surface area (Å²) in [5.41, 5.74) is 3.97. The van der Waals surface area contributed by atoms with E-state index in [1.54, 1.807) is 0 Å². The van der Waals surface area contributed by atoms with E-state index in [-0.39, 0.29) is 4.90 Å². The van der Waals surface area contributed by atoms with Crippen molar-refractivity contribution in [1.82, 2.24) is 4.98 Å². The van der Waals surface area contributed by atoms with Crippen LogP contribution < -0.4 is 10.5 Å². The van der Waals surface area contributed by atoms with Crippen molar-refractivity contribution in [2.45, 2.75) is 4.90 Å². The molecule has 0 aliphatic heterocycles. The summed E-state index contributed by atoms with van der Waals surface area (Å²) in [7, 11) is -4.00. The summed E-state index contributed by atoms with van der Waals surface area (Å²) in [6.45, 7) is 0. The molecule has 2 rings (SSSR count). The number of hydrogen-bond donors (Lipinski definition) is 2. The van der Waals surface area contributed by atoms with Gasteiger partial charge >= 0.3 is 0 Å². The first-order valence-corrected chi connectivity index (χ1v) is 6.56. The Labute approximate surface area is 108 Å². The van der Waals surface area contributed by atoms with E-state index in [0.29, 0.717) is 0 Å². The molecular formula is C11H9F2N3O2S. The number of sulfonamides is 1. The van der Waals surface area contributed by atoms with Crippen LogP contribution in [0.1, 0.15) is 0 Å². The third kappa shape index (κ3) is 2.63. The minimum Gasteiger partial charge on any atom is -0.394 e. The molecule has 0 atom stereocenters. The average molecular weight is 285 g/mol. The van der Waals surface area contributed by atoms with E-state index in [9.17, 15) is 17.2 Å². The predicted octanol–water partition coefficient (Wildman–Crippen LogP) is 1.74. The van der Waals surface area contributed by atoms with E-state index in [1.165, 1.54) is 18.3 Å². The maximum absolute atomic E-state index is 13.6. The summed E-state index contributed by atoms with van der Waals surface area (Å²) in [5.74, 6) is -2.12. The zero-order valence-electron chi connectivity index (χ0n) is 9.47. The van der Waals surface area contributed by atoms with Crippen LogP contribution in [0.25, 0.3) is 0 Å². The number of anilines is 2. The Bertz CT molecular complexity index is 705. The minimum absolute atomic E-state index is 0.141. The summed E-state index contributed by atoms with van der Waals surface area (Å²) >= 11 is 0. The fraction of sp³-hybridized carbons (Fsp3) is 0. The van der Waals surface area contributed by atoms with Crippen molar-refractivity contribution in [2.75, 3.05) is 10.5 Å². The van der Waals surface area contributed by atoms with E-state index in [2.05, 4.69) is 4.98 Å². The predicted molar refractivity (Wildman–Crippen MR) is 65.8 cm³/mol. The van der Waals surface area contributed by atoms with Crippen LogP contribution in [0.15, 0.2) is 41.6 Å². The molecule has 1 aromatic heterocycles. The van der Waals surface area contributed by atoms with Crippen molar-refractivity contribution < 1.29 is 17.2 Å². The highest BCUT2D eigenvalue weighted by Gasteiger charge is 2.18. The van der Waals surface area contributed by atoms with Gasteiger partial charge < -0.3 is 5.73 Å². The SMILES string of the molecule is Nc1c(F)ccc(NS(=O)(=O)c2cccnc2)c1F. The highest BCUT2D eigenvalue weighted by Crippen LogP contribution is 2.25. The Kier molecular flexibility index (Phi) is 3.34. The highest BCUT2D eigenvalue weighted by atomic mass is 32.2.